The number of carbonyl (C=O) groups excluding carboxylic acids is 1. The van der Waals surface area contributed by atoms with Crippen LogP contribution >= 0.6 is 11.3 Å². The summed E-state index contributed by atoms with van der Waals surface area (Å²) < 4.78 is 6.60. The molecule has 1 aliphatic rings. The molecule has 0 radical (unpaired) electrons. The Balaban J connectivity index is 1.47. The highest BCUT2D eigenvalue weighted by molar-refractivity contribution is 7.19. The highest BCUT2D eigenvalue weighted by Crippen LogP contribution is 2.35. The van der Waals surface area contributed by atoms with Gasteiger partial charge in [0.2, 0.25) is 5.95 Å². The van der Waals surface area contributed by atoms with Crippen LogP contribution in [0.4, 0.5) is 17.5 Å². The number of nitrogens with one attached hydrogen (secondary N) is 2. The van der Waals surface area contributed by atoms with E-state index in [1.165, 1.54) is 12.4 Å². The van der Waals surface area contributed by atoms with E-state index in [1.807, 2.05) is 43.3 Å². The third-order valence-electron chi connectivity index (χ3n) is 5.88. The zero-order valence-electron chi connectivity index (χ0n) is 19.9. The van der Waals surface area contributed by atoms with E-state index in [-0.39, 0.29) is 5.56 Å². The Labute approximate surface area is 211 Å². The summed E-state index contributed by atoms with van der Waals surface area (Å²) >= 11 is 1.65. The fourth-order valence-electron chi connectivity index (χ4n) is 3.95. The zero-order chi connectivity index (χ0) is 25.1. The first-order chi connectivity index (χ1) is 17.6. The van der Waals surface area contributed by atoms with E-state index < -0.39 is 5.91 Å². The predicted molar refractivity (Wildman–Crippen MR) is 139 cm³/mol. The van der Waals surface area contributed by atoms with Gasteiger partial charge >= 0.3 is 0 Å². The van der Waals surface area contributed by atoms with Crippen molar-refractivity contribution in [2.45, 2.75) is 6.54 Å². The number of rotatable bonds is 7. The molecule has 3 aromatic heterocycles. The number of benzene rings is 1. The molecule has 5 rings (SSSR count). The number of nitrogens with zero attached hydrogens (tertiary/aromatic N) is 6. The molecule has 1 amide bonds. The number of anilines is 3. The first kappa shape index (κ1) is 23.9. The van der Waals surface area contributed by atoms with Gasteiger partial charge in [0.05, 0.1) is 35.5 Å². The largest absolute Gasteiger partial charge is 0.388 e. The van der Waals surface area contributed by atoms with Gasteiger partial charge in [0.25, 0.3) is 5.91 Å². The number of fused-ring (bicyclic) bond motifs is 1. The van der Waals surface area contributed by atoms with Crippen LogP contribution in [0.15, 0.2) is 42.7 Å². The molecular formula is C24H26N8O3S. The van der Waals surface area contributed by atoms with Crippen LogP contribution in [0.5, 0.6) is 0 Å². The number of hydroxylamine groups is 1. The van der Waals surface area contributed by atoms with Crippen molar-refractivity contribution in [1.82, 2.24) is 25.4 Å². The van der Waals surface area contributed by atoms with Crippen molar-refractivity contribution < 1.29 is 14.7 Å². The molecule has 186 valence electrons. The molecule has 4 aromatic rings. The summed E-state index contributed by atoms with van der Waals surface area (Å²) in [4.78, 5) is 35.2. The lowest BCUT2D eigenvalue weighted by Crippen LogP contribution is -2.36. The Bertz CT molecular complexity index is 1350. The summed E-state index contributed by atoms with van der Waals surface area (Å²) in [5, 5.41) is 11.9. The van der Waals surface area contributed by atoms with Crippen molar-refractivity contribution >= 4 is 44.9 Å². The van der Waals surface area contributed by atoms with Crippen LogP contribution in [-0.4, -0.2) is 71.4 Å². The summed E-state index contributed by atoms with van der Waals surface area (Å²) in [5.74, 6) is 1.42. The summed E-state index contributed by atoms with van der Waals surface area (Å²) in [7, 11) is 3.78. The first-order valence-corrected chi connectivity index (χ1v) is 12.3. The highest BCUT2D eigenvalue weighted by atomic mass is 32.1. The zero-order valence-corrected chi connectivity index (χ0v) is 20.7. The number of morpholine rings is 1. The smallest absolute Gasteiger partial charge is 0.277 e. The molecule has 0 spiro atoms. The Morgan fingerprint density at radius 3 is 2.56 bits per heavy atom. The van der Waals surface area contributed by atoms with Gasteiger partial charge in [-0.1, -0.05) is 0 Å². The lowest BCUT2D eigenvalue weighted by atomic mass is 10.2. The summed E-state index contributed by atoms with van der Waals surface area (Å²) in [6.07, 6.45) is 2.76. The number of hydrogen-bond acceptors (Lipinski definition) is 11. The van der Waals surface area contributed by atoms with Crippen molar-refractivity contribution in [2.24, 2.45) is 0 Å². The summed E-state index contributed by atoms with van der Waals surface area (Å²) in [6, 6.07) is 10.2. The molecular weight excluding hydrogens is 480 g/mol. The average molecular weight is 507 g/mol. The van der Waals surface area contributed by atoms with E-state index in [0.29, 0.717) is 31.5 Å². The molecule has 0 unspecified atom stereocenters. The number of carbonyl (C=O) groups is 1. The van der Waals surface area contributed by atoms with E-state index >= 15 is 0 Å². The van der Waals surface area contributed by atoms with Crippen molar-refractivity contribution in [2.75, 3.05) is 55.5 Å². The predicted octanol–water partition coefficient (Wildman–Crippen LogP) is 2.78. The van der Waals surface area contributed by atoms with E-state index in [1.54, 1.807) is 16.8 Å². The first-order valence-electron chi connectivity index (χ1n) is 11.4. The van der Waals surface area contributed by atoms with Crippen LogP contribution < -0.4 is 20.6 Å². The number of hydrogen-bond donors (Lipinski definition) is 3. The molecule has 4 heterocycles. The van der Waals surface area contributed by atoms with Gasteiger partial charge in [-0.3, -0.25) is 10.0 Å². The van der Waals surface area contributed by atoms with Gasteiger partial charge in [-0.25, -0.2) is 25.4 Å². The minimum atomic E-state index is -0.653. The van der Waals surface area contributed by atoms with Crippen molar-refractivity contribution in [3.63, 3.8) is 0 Å². The molecule has 1 aromatic carbocycles. The van der Waals surface area contributed by atoms with E-state index in [4.69, 9.17) is 19.9 Å². The Morgan fingerprint density at radius 2 is 1.89 bits per heavy atom. The van der Waals surface area contributed by atoms with Gasteiger partial charge < -0.3 is 19.9 Å². The summed E-state index contributed by atoms with van der Waals surface area (Å²) in [5.41, 5.74) is 4.63. The van der Waals surface area contributed by atoms with Gasteiger partial charge in [-0.2, -0.15) is 0 Å². The topological polar surface area (TPSA) is 129 Å². The number of thiophene rings is 1. The summed E-state index contributed by atoms with van der Waals surface area (Å²) in [6.45, 7) is 3.44. The molecule has 12 heteroatoms. The minimum Gasteiger partial charge on any atom is -0.388 e. The number of amides is 1. The molecule has 11 nitrogen and oxygen atoms in total. The van der Waals surface area contributed by atoms with Gasteiger partial charge in [0.15, 0.2) is 11.6 Å². The van der Waals surface area contributed by atoms with E-state index in [9.17, 15) is 4.79 Å². The second-order valence-electron chi connectivity index (χ2n) is 8.29. The molecule has 3 N–H and O–H groups in total. The lowest BCUT2D eigenvalue weighted by molar-refractivity contribution is 0.0705. The number of aromatic nitrogens is 4. The maximum atomic E-state index is 11.5. The maximum Gasteiger partial charge on any atom is 0.277 e. The SMILES string of the molecule is CNc1ccc(-c2nc(N3CCOCC3)c3sc(CN(C)c4ncc(C(=O)NO)cn4)cc3n2)cc1. The van der Waals surface area contributed by atoms with Gasteiger partial charge in [0, 0.05) is 55.7 Å². The molecule has 36 heavy (non-hydrogen) atoms. The molecule has 0 atom stereocenters. The van der Waals surface area contributed by atoms with Crippen molar-refractivity contribution in [3.8, 4) is 11.4 Å². The molecule has 1 saturated heterocycles. The maximum absolute atomic E-state index is 11.5. The highest BCUT2D eigenvalue weighted by Gasteiger charge is 2.21. The normalized spacial score (nSPS) is 13.6. The van der Waals surface area contributed by atoms with Gasteiger partial charge in [-0.15, -0.1) is 11.3 Å². The molecule has 0 saturated carbocycles. The fraction of sp³-hybridized carbons (Fsp3) is 0.292. The molecule has 0 aliphatic carbocycles. The van der Waals surface area contributed by atoms with Crippen LogP contribution in [0.1, 0.15) is 15.2 Å². The van der Waals surface area contributed by atoms with E-state index in [0.717, 1.165) is 45.3 Å². The minimum absolute atomic E-state index is 0.178. The van der Waals surface area contributed by atoms with E-state index in [2.05, 4.69) is 26.3 Å². The standard InChI is InChI=1S/C24H26N8O3S/c1-25-17-5-3-15(4-6-17)21-28-19-11-18(36-20(19)22(29-21)32-7-9-35-10-8-32)14-31(2)24-26-12-16(13-27-24)23(33)30-34/h3-6,11-13,25,34H,7-10,14H2,1-2H3,(H,30,33). The number of ether oxygens (including phenoxy) is 1. The Hall–Kier alpha value is -3.87. The van der Waals surface area contributed by atoms with Crippen molar-refractivity contribution in [3.05, 3.63) is 53.2 Å². The second-order valence-corrected chi connectivity index (χ2v) is 9.43. The third-order valence-corrected chi connectivity index (χ3v) is 6.99. The Kier molecular flexibility index (Phi) is 6.89. The van der Waals surface area contributed by atoms with Crippen molar-refractivity contribution in [1.29, 1.82) is 0 Å². The second kappa shape index (κ2) is 10.4. The molecule has 1 aliphatic heterocycles. The molecule has 1 fully saturated rings. The lowest BCUT2D eigenvalue weighted by Gasteiger charge is -2.28. The third kappa shape index (κ3) is 4.91. The van der Waals surface area contributed by atoms with Gasteiger partial charge in [-0.05, 0) is 30.3 Å². The van der Waals surface area contributed by atoms with Crippen LogP contribution in [-0.2, 0) is 11.3 Å². The average Bonchev–Trinajstić information content (AvgIpc) is 3.35. The van der Waals surface area contributed by atoms with Gasteiger partial charge in [0.1, 0.15) is 0 Å². The van der Waals surface area contributed by atoms with Crippen LogP contribution in [0.25, 0.3) is 21.6 Å². The Morgan fingerprint density at radius 1 is 1.17 bits per heavy atom. The quantitative estimate of drug-likeness (QED) is 0.254. The fourth-order valence-corrected chi connectivity index (χ4v) is 5.12. The van der Waals surface area contributed by atoms with Crippen LogP contribution in [0, 0.1) is 0 Å². The van der Waals surface area contributed by atoms with Crippen LogP contribution in [0.3, 0.4) is 0 Å². The monoisotopic (exact) mass is 506 g/mol. The van der Waals surface area contributed by atoms with Crippen LogP contribution in [0.2, 0.25) is 0 Å². The molecule has 0 bridgehead atoms.